The van der Waals surface area contributed by atoms with Crippen LogP contribution in [0.15, 0.2) is 60.7 Å². The first kappa shape index (κ1) is 21.0. The Morgan fingerprint density at radius 2 is 1.67 bits per heavy atom. The number of imide groups is 1. The number of carbonyl (C=O) groups excluding carboxylic acids is 4. The normalized spacial score (nSPS) is 16.0. The van der Waals surface area contributed by atoms with Crippen LogP contribution in [0.1, 0.15) is 20.3 Å². The van der Waals surface area contributed by atoms with E-state index in [0.717, 1.165) is 9.91 Å². The van der Waals surface area contributed by atoms with Gasteiger partial charge in [0.1, 0.15) is 11.8 Å². The molecule has 2 aromatic rings. The van der Waals surface area contributed by atoms with Gasteiger partial charge in [0.25, 0.3) is 11.8 Å². The number of amides is 4. The highest BCUT2D eigenvalue weighted by Gasteiger charge is 2.45. The molecule has 0 aliphatic carbocycles. The van der Waals surface area contributed by atoms with Crippen LogP contribution in [0.5, 0.6) is 5.75 Å². The van der Waals surface area contributed by atoms with Crippen molar-refractivity contribution in [2.45, 2.75) is 26.3 Å². The first-order valence-corrected chi connectivity index (χ1v) is 9.60. The van der Waals surface area contributed by atoms with Gasteiger partial charge in [-0.3, -0.25) is 24.6 Å². The average molecular weight is 409 g/mol. The summed E-state index contributed by atoms with van der Waals surface area (Å²) in [6.07, 6.45) is -0.216. The van der Waals surface area contributed by atoms with E-state index in [4.69, 9.17) is 4.74 Å². The molecule has 1 heterocycles. The van der Waals surface area contributed by atoms with E-state index in [2.05, 4.69) is 5.43 Å². The van der Waals surface area contributed by atoms with Crippen LogP contribution in [-0.2, 0) is 19.2 Å². The zero-order valence-corrected chi connectivity index (χ0v) is 16.8. The molecule has 30 heavy (non-hydrogen) atoms. The number of nitrogens with zero attached hydrogens (tertiary/aromatic N) is 2. The lowest BCUT2D eigenvalue weighted by molar-refractivity contribution is -0.150. The molecule has 1 N–H and O–H groups in total. The third-order valence-electron chi connectivity index (χ3n) is 4.54. The molecule has 1 saturated heterocycles. The van der Waals surface area contributed by atoms with Crippen LogP contribution in [-0.4, -0.2) is 41.3 Å². The maximum absolute atomic E-state index is 13.0. The maximum Gasteiger partial charge on any atom is 0.276 e. The van der Waals surface area contributed by atoms with Crippen molar-refractivity contribution in [2.75, 3.05) is 11.5 Å². The molecule has 3 rings (SSSR count). The molecule has 8 heteroatoms. The minimum atomic E-state index is -1.12. The van der Waals surface area contributed by atoms with E-state index in [1.54, 1.807) is 68.4 Å². The maximum atomic E-state index is 13.0. The molecule has 0 aromatic heterocycles. The fourth-order valence-corrected chi connectivity index (χ4v) is 3.06. The first-order valence-electron chi connectivity index (χ1n) is 9.60. The van der Waals surface area contributed by atoms with Gasteiger partial charge in [-0.05, 0) is 24.3 Å². The van der Waals surface area contributed by atoms with Crippen LogP contribution >= 0.6 is 0 Å². The van der Waals surface area contributed by atoms with E-state index in [1.165, 1.54) is 0 Å². The van der Waals surface area contributed by atoms with E-state index in [9.17, 15) is 19.2 Å². The first-order chi connectivity index (χ1) is 14.4. The van der Waals surface area contributed by atoms with Gasteiger partial charge in [0, 0.05) is 5.92 Å². The van der Waals surface area contributed by atoms with Crippen molar-refractivity contribution in [3.05, 3.63) is 60.7 Å². The Kier molecular flexibility index (Phi) is 6.46. The molecule has 1 aliphatic heterocycles. The summed E-state index contributed by atoms with van der Waals surface area (Å²) >= 11 is 0. The van der Waals surface area contributed by atoms with Crippen LogP contribution in [0.3, 0.4) is 0 Å². The van der Waals surface area contributed by atoms with Crippen molar-refractivity contribution in [1.29, 1.82) is 0 Å². The molecule has 2 aromatic carbocycles. The number of hydrazine groups is 1. The van der Waals surface area contributed by atoms with Gasteiger partial charge in [-0.15, -0.1) is 0 Å². The summed E-state index contributed by atoms with van der Waals surface area (Å²) in [7, 11) is 0. The Hall–Kier alpha value is -3.68. The lowest BCUT2D eigenvalue weighted by atomic mass is 10.1. The summed E-state index contributed by atoms with van der Waals surface area (Å²) in [6.45, 7) is 2.96. The molecule has 4 amide bonds. The number of benzene rings is 2. The third kappa shape index (κ3) is 4.65. The smallest absolute Gasteiger partial charge is 0.276 e. The van der Waals surface area contributed by atoms with Crippen LogP contribution < -0.4 is 15.1 Å². The Morgan fingerprint density at radius 1 is 1.07 bits per heavy atom. The molecule has 0 spiro atoms. The molecule has 8 nitrogen and oxygen atoms in total. The summed E-state index contributed by atoms with van der Waals surface area (Å²) in [4.78, 5) is 51.7. The van der Waals surface area contributed by atoms with Gasteiger partial charge >= 0.3 is 0 Å². The quantitative estimate of drug-likeness (QED) is 0.581. The van der Waals surface area contributed by atoms with Gasteiger partial charge in [0.15, 0.2) is 6.61 Å². The van der Waals surface area contributed by atoms with Crippen LogP contribution in [0.4, 0.5) is 5.69 Å². The van der Waals surface area contributed by atoms with E-state index in [-0.39, 0.29) is 13.0 Å². The van der Waals surface area contributed by atoms with Crippen molar-refractivity contribution in [2.24, 2.45) is 5.92 Å². The molecule has 0 radical (unpaired) electrons. The summed E-state index contributed by atoms with van der Waals surface area (Å²) in [5, 5.41) is 0.963. The zero-order valence-electron chi connectivity index (χ0n) is 16.8. The standard InChI is InChI=1S/C22H23N3O5/c1-15(2)21(28)25(23-19(26)14-30-17-11-7-4-8-12-17)18-13-20(27)24(22(18)29)16-9-5-3-6-10-16/h3-12,15,18H,13-14H2,1-2H3,(H,23,26). The minimum absolute atomic E-state index is 0.216. The fourth-order valence-electron chi connectivity index (χ4n) is 3.06. The second-order valence-corrected chi connectivity index (χ2v) is 7.12. The van der Waals surface area contributed by atoms with Crippen LogP contribution in [0.25, 0.3) is 0 Å². The van der Waals surface area contributed by atoms with Gasteiger partial charge in [-0.1, -0.05) is 50.2 Å². The predicted octanol–water partition coefficient (Wildman–Crippen LogP) is 1.91. The number of anilines is 1. The van der Waals surface area contributed by atoms with Crippen molar-refractivity contribution < 1.29 is 23.9 Å². The summed E-state index contributed by atoms with van der Waals surface area (Å²) < 4.78 is 5.40. The monoisotopic (exact) mass is 409 g/mol. The fraction of sp³-hybridized carbons (Fsp3) is 0.273. The minimum Gasteiger partial charge on any atom is -0.484 e. The molecule has 0 saturated carbocycles. The molecule has 1 atom stereocenters. The molecule has 0 bridgehead atoms. The summed E-state index contributed by atoms with van der Waals surface area (Å²) in [6, 6.07) is 16.1. The molecule has 1 fully saturated rings. The summed E-state index contributed by atoms with van der Waals surface area (Å²) in [5.41, 5.74) is 2.88. The van der Waals surface area contributed by atoms with E-state index >= 15 is 0 Å². The zero-order chi connectivity index (χ0) is 21.7. The molecule has 156 valence electrons. The highest BCUT2D eigenvalue weighted by molar-refractivity contribution is 6.23. The van der Waals surface area contributed by atoms with E-state index in [1.807, 2.05) is 6.07 Å². The van der Waals surface area contributed by atoms with Gasteiger partial charge in [0.05, 0.1) is 12.1 Å². The Morgan fingerprint density at radius 3 is 2.27 bits per heavy atom. The van der Waals surface area contributed by atoms with Gasteiger partial charge < -0.3 is 4.74 Å². The molecule has 1 unspecified atom stereocenters. The number of hydrogen-bond donors (Lipinski definition) is 1. The van der Waals surface area contributed by atoms with Crippen LogP contribution in [0.2, 0.25) is 0 Å². The number of ether oxygens (including phenoxy) is 1. The second-order valence-electron chi connectivity index (χ2n) is 7.12. The van der Waals surface area contributed by atoms with Gasteiger partial charge in [-0.2, -0.15) is 0 Å². The van der Waals surface area contributed by atoms with Gasteiger partial charge in [0.2, 0.25) is 11.8 Å². The largest absolute Gasteiger partial charge is 0.484 e. The van der Waals surface area contributed by atoms with Crippen LogP contribution in [0, 0.1) is 5.92 Å². The number of hydrogen-bond acceptors (Lipinski definition) is 5. The topological polar surface area (TPSA) is 96.0 Å². The van der Waals surface area contributed by atoms with E-state index < -0.39 is 35.6 Å². The van der Waals surface area contributed by atoms with Crippen molar-refractivity contribution in [1.82, 2.24) is 10.4 Å². The SMILES string of the molecule is CC(C)C(=O)N(NC(=O)COc1ccccc1)C1CC(=O)N(c2ccccc2)C1=O. The number of nitrogens with one attached hydrogen (secondary N) is 1. The number of para-hydroxylation sites is 2. The van der Waals surface area contributed by atoms with Gasteiger partial charge in [-0.25, -0.2) is 9.91 Å². The highest BCUT2D eigenvalue weighted by Crippen LogP contribution is 2.25. The Balaban J connectivity index is 1.75. The van der Waals surface area contributed by atoms with Crippen molar-refractivity contribution >= 4 is 29.3 Å². The lowest BCUT2D eigenvalue weighted by Crippen LogP contribution is -2.56. The number of rotatable bonds is 6. The van der Waals surface area contributed by atoms with Crippen molar-refractivity contribution in [3.63, 3.8) is 0 Å². The average Bonchev–Trinajstić information content (AvgIpc) is 3.05. The van der Waals surface area contributed by atoms with E-state index in [0.29, 0.717) is 11.4 Å². The Bertz CT molecular complexity index is 930. The van der Waals surface area contributed by atoms with Crippen molar-refractivity contribution in [3.8, 4) is 5.75 Å². The highest BCUT2D eigenvalue weighted by atomic mass is 16.5. The molecular weight excluding hydrogens is 386 g/mol. The number of carbonyl (C=O) groups is 4. The second kappa shape index (κ2) is 9.21. The third-order valence-corrected chi connectivity index (χ3v) is 4.54. The lowest BCUT2D eigenvalue weighted by Gasteiger charge is -2.29. The molecule has 1 aliphatic rings. The molecular formula is C22H23N3O5. The predicted molar refractivity (Wildman–Crippen MR) is 109 cm³/mol. The summed E-state index contributed by atoms with van der Waals surface area (Å²) in [5.74, 6) is -2.07. The Labute approximate surface area is 174 Å².